The van der Waals surface area contributed by atoms with Gasteiger partial charge in [-0.1, -0.05) is 35.9 Å². The van der Waals surface area contributed by atoms with Crippen LogP contribution in [0.15, 0.2) is 77.7 Å². The van der Waals surface area contributed by atoms with Gasteiger partial charge in [0.2, 0.25) is 20.0 Å². The number of anilines is 2. The van der Waals surface area contributed by atoms with Gasteiger partial charge < -0.3 is 5.32 Å². The predicted molar refractivity (Wildman–Crippen MR) is 149 cm³/mol. The van der Waals surface area contributed by atoms with Gasteiger partial charge in [0.1, 0.15) is 0 Å². The zero-order valence-corrected chi connectivity index (χ0v) is 23.3. The van der Waals surface area contributed by atoms with E-state index >= 15 is 0 Å². The summed E-state index contributed by atoms with van der Waals surface area (Å²) in [5.74, 6) is -0.306. The van der Waals surface area contributed by atoms with Crippen LogP contribution in [0.4, 0.5) is 11.4 Å². The number of carbonyl (C=O) groups is 1. The molecule has 0 saturated carbocycles. The minimum Gasteiger partial charge on any atom is -0.322 e. The molecule has 1 heterocycles. The summed E-state index contributed by atoms with van der Waals surface area (Å²) in [5, 5.41) is 2.83. The first kappa shape index (κ1) is 27.8. The normalized spacial score (nSPS) is 15.2. The fourth-order valence-corrected chi connectivity index (χ4v) is 6.15. The molecule has 1 aliphatic rings. The molecule has 0 radical (unpaired) electrons. The highest BCUT2D eigenvalue weighted by molar-refractivity contribution is 7.92. The maximum Gasteiger partial charge on any atom is 0.255 e. The van der Waals surface area contributed by atoms with Crippen molar-refractivity contribution >= 4 is 37.3 Å². The Bertz CT molecular complexity index is 1520. The van der Waals surface area contributed by atoms with E-state index in [2.05, 4.69) is 10.2 Å². The Morgan fingerprint density at radius 1 is 0.895 bits per heavy atom. The largest absolute Gasteiger partial charge is 0.322 e. The van der Waals surface area contributed by atoms with Gasteiger partial charge >= 0.3 is 0 Å². The molecule has 38 heavy (non-hydrogen) atoms. The SMILES string of the molecule is Cc1ccc(S(=O)(=O)N2CCN(Cc3cccc(C(=O)Nc4cccc(N(C)S(C)(=O)=O)c4)c3)CC2)cc1. The van der Waals surface area contributed by atoms with Crippen LogP contribution in [0, 0.1) is 6.92 Å². The van der Waals surface area contributed by atoms with Crippen molar-refractivity contribution in [2.45, 2.75) is 18.4 Å². The Hall–Kier alpha value is -3.25. The number of hydrogen-bond donors (Lipinski definition) is 1. The van der Waals surface area contributed by atoms with Gasteiger partial charge in [0.25, 0.3) is 5.91 Å². The Morgan fingerprint density at radius 2 is 1.55 bits per heavy atom. The van der Waals surface area contributed by atoms with Crippen molar-refractivity contribution in [1.29, 1.82) is 0 Å². The number of rotatable bonds is 8. The van der Waals surface area contributed by atoms with Crippen molar-refractivity contribution < 1.29 is 21.6 Å². The molecule has 9 nitrogen and oxygen atoms in total. The Labute approximate surface area is 224 Å². The summed E-state index contributed by atoms with van der Waals surface area (Å²) in [6.07, 6.45) is 1.12. The molecule has 0 bridgehead atoms. The van der Waals surface area contributed by atoms with E-state index in [1.807, 2.05) is 25.1 Å². The highest BCUT2D eigenvalue weighted by Crippen LogP contribution is 2.22. The van der Waals surface area contributed by atoms with Gasteiger partial charge in [0.05, 0.1) is 16.8 Å². The van der Waals surface area contributed by atoms with E-state index in [1.165, 1.54) is 11.4 Å². The number of sulfonamides is 2. The molecule has 0 spiro atoms. The van der Waals surface area contributed by atoms with Gasteiger partial charge in [-0.15, -0.1) is 0 Å². The van der Waals surface area contributed by atoms with Crippen molar-refractivity contribution in [3.8, 4) is 0 Å². The second-order valence-corrected chi connectivity index (χ2v) is 13.4. The summed E-state index contributed by atoms with van der Waals surface area (Å²) < 4.78 is 52.3. The summed E-state index contributed by atoms with van der Waals surface area (Å²) >= 11 is 0. The fraction of sp³-hybridized carbons (Fsp3) is 0.296. The molecular weight excluding hydrogens is 524 g/mol. The molecule has 1 saturated heterocycles. The van der Waals surface area contributed by atoms with Gasteiger partial charge in [-0.2, -0.15) is 4.31 Å². The molecule has 1 N–H and O–H groups in total. The number of carbonyl (C=O) groups excluding carboxylic acids is 1. The maximum absolute atomic E-state index is 13.0. The Kier molecular flexibility index (Phi) is 8.22. The zero-order valence-electron chi connectivity index (χ0n) is 21.7. The van der Waals surface area contributed by atoms with Crippen molar-refractivity contribution in [1.82, 2.24) is 9.21 Å². The number of nitrogens with zero attached hydrogens (tertiary/aromatic N) is 3. The first-order valence-electron chi connectivity index (χ1n) is 12.2. The zero-order chi connectivity index (χ0) is 27.5. The lowest BCUT2D eigenvalue weighted by Crippen LogP contribution is -2.48. The summed E-state index contributed by atoms with van der Waals surface area (Å²) in [7, 11) is -5.49. The molecule has 0 atom stereocenters. The Balaban J connectivity index is 1.37. The molecule has 1 amide bonds. The van der Waals surface area contributed by atoms with E-state index in [1.54, 1.807) is 54.6 Å². The lowest BCUT2D eigenvalue weighted by atomic mass is 10.1. The van der Waals surface area contributed by atoms with Crippen LogP contribution in [-0.4, -0.2) is 71.4 Å². The van der Waals surface area contributed by atoms with Gasteiger partial charge in [-0.05, 0) is 55.0 Å². The topological polar surface area (TPSA) is 107 Å². The molecule has 202 valence electrons. The van der Waals surface area contributed by atoms with Crippen LogP contribution in [0.5, 0.6) is 0 Å². The predicted octanol–water partition coefficient (Wildman–Crippen LogP) is 3.15. The molecule has 1 fully saturated rings. The highest BCUT2D eigenvalue weighted by atomic mass is 32.2. The summed E-state index contributed by atoms with van der Waals surface area (Å²) in [4.78, 5) is 15.4. The number of amides is 1. The van der Waals surface area contributed by atoms with Crippen LogP contribution in [0.25, 0.3) is 0 Å². The molecule has 0 unspecified atom stereocenters. The average Bonchev–Trinajstić information content (AvgIpc) is 2.88. The van der Waals surface area contributed by atoms with Crippen LogP contribution in [0.3, 0.4) is 0 Å². The third kappa shape index (κ3) is 6.60. The van der Waals surface area contributed by atoms with Crippen LogP contribution in [0.2, 0.25) is 0 Å². The molecule has 3 aromatic rings. The van der Waals surface area contributed by atoms with E-state index in [9.17, 15) is 21.6 Å². The van der Waals surface area contributed by atoms with E-state index in [0.717, 1.165) is 21.7 Å². The van der Waals surface area contributed by atoms with E-state index in [4.69, 9.17) is 0 Å². The molecule has 1 aliphatic heterocycles. The van der Waals surface area contributed by atoms with Gasteiger partial charge in [-0.25, -0.2) is 16.8 Å². The second kappa shape index (κ2) is 11.2. The second-order valence-electron chi connectivity index (χ2n) is 9.43. The van der Waals surface area contributed by atoms with Crippen molar-refractivity contribution in [2.24, 2.45) is 0 Å². The minimum atomic E-state index is -3.52. The lowest BCUT2D eigenvalue weighted by Gasteiger charge is -2.34. The van der Waals surface area contributed by atoms with Crippen molar-refractivity contribution in [2.75, 3.05) is 49.1 Å². The van der Waals surface area contributed by atoms with Crippen LogP contribution in [-0.2, 0) is 26.6 Å². The monoisotopic (exact) mass is 556 g/mol. The van der Waals surface area contributed by atoms with Crippen LogP contribution < -0.4 is 9.62 Å². The standard InChI is InChI=1S/C27H32N4O5S2/c1-21-10-12-26(13-11-21)38(35,36)31-16-14-30(15-17-31)20-22-6-4-7-23(18-22)27(32)28-24-8-5-9-25(19-24)29(2)37(3,33)34/h4-13,18-19H,14-17,20H2,1-3H3,(H,28,32). The van der Waals surface area contributed by atoms with Gasteiger partial charge in [0, 0.05) is 51.0 Å². The minimum absolute atomic E-state index is 0.306. The van der Waals surface area contributed by atoms with Crippen LogP contribution in [0.1, 0.15) is 21.5 Å². The number of aryl methyl sites for hydroxylation is 1. The maximum atomic E-state index is 13.0. The molecule has 0 aliphatic carbocycles. The molecule has 0 aromatic heterocycles. The van der Waals surface area contributed by atoms with Crippen LogP contribution >= 0.6 is 0 Å². The van der Waals surface area contributed by atoms with E-state index in [0.29, 0.717) is 54.6 Å². The number of hydrogen-bond acceptors (Lipinski definition) is 6. The number of piperazine rings is 1. The summed E-state index contributed by atoms with van der Waals surface area (Å²) in [6.45, 7) is 4.48. The summed E-state index contributed by atoms with van der Waals surface area (Å²) in [6, 6.07) is 20.8. The third-order valence-electron chi connectivity index (χ3n) is 6.55. The molecule has 11 heteroatoms. The highest BCUT2D eigenvalue weighted by Gasteiger charge is 2.28. The first-order chi connectivity index (χ1) is 17.9. The average molecular weight is 557 g/mol. The first-order valence-corrected chi connectivity index (χ1v) is 15.5. The third-order valence-corrected chi connectivity index (χ3v) is 9.67. The molecular formula is C27H32N4O5S2. The smallest absolute Gasteiger partial charge is 0.255 e. The number of benzene rings is 3. The van der Waals surface area contributed by atoms with E-state index < -0.39 is 20.0 Å². The Morgan fingerprint density at radius 3 is 2.21 bits per heavy atom. The molecule has 3 aromatic carbocycles. The van der Waals surface area contributed by atoms with Crippen molar-refractivity contribution in [3.05, 3.63) is 89.5 Å². The number of nitrogens with one attached hydrogen (secondary N) is 1. The summed E-state index contributed by atoms with van der Waals surface area (Å²) in [5.41, 5.74) is 3.36. The van der Waals surface area contributed by atoms with Crippen molar-refractivity contribution in [3.63, 3.8) is 0 Å². The quantitative estimate of drug-likeness (QED) is 0.457. The van der Waals surface area contributed by atoms with Gasteiger partial charge in [-0.3, -0.25) is 14.0 Å². The lowest BCUT2D eigenvalue weighted by molar-refractivity contribution is 0.102. The van der Waals surface area contributed by atoms with Gasteiger partial charge in [0.15, 0.2) is 0 Å². The fourth-order valence-electron chi connectivity index (χ4n) is 4.23. The van der Waals surface area contributed by atoms with E-state index in [-0.39, 0.29) is 5.91 Å². The molecule has 4 rings (SSSR count).